The van der Waals surface area contributed by atoms with Gasteiger partial charge in [-0.1, -0.05) is 59.6 Å². The van der Waals surface area contributed by atoms with Crippen LogP contribution in [-0.4, -0.2) is 24.0 Å². The van der Waals surface area contributed by atoms with Crippen molar-refractivity contribution in [2.45, 2.75) is 0 Å². The van der Waals surface area contributed by atoms with Crippen LogP contribution in [0, 0.1) is 0 Å². The van der Waals surface area contributed by atoms with E-state index in [1.807, 2.05) is 0 Å². The molecule has 0 unspecified atom stereocenters. The number of nitrogens with one attached hydrogen (secondary N) is 2. The Kier molecular flexibility index (Phi) is 7.37. The van der Waals surface area contributed by atoms with Crippen LogP contribution < -0.4 is 15.5 Å². The summed E-state index contributed by atoms with van der Waals surface area (Å²) in [5, 5.41) is 6.44. The van der Waals surface area contributed by atoms with Crippen molar-refractivity contribution in [2.24, 2.45) is 5.10 Å². The molecule has 0 aliphatic rings. The Morgan fingerprint density at radius 1 is 0.839 bits per heavy atom. The third-order valence-electron chi connectivity index (χ3n) is 3.91. The van der Waals surface area contributed by atoms with Crippen molar-refractivity contribution < 1.29 is 19.1 Å². The maximum absolute atomic E-state index is 12.3. The van der Waals surface area contributed by atoms with Crippen molar-refractivity contribution in [1.29, 1.82) is 0 Å². The number of nitrogens with zero attached hydrogens (tertiary/aromatic N) is 1. The lowest BCUT2D eigenvalue weighted by Gasteiger charge is -2.08. The van der Waals surface area contributed by atoms with Gasteiger partial charge < -0.3 is 10.1 Å². The molecule has 0 aliphatic carbocycles. The van der Waals surface area contributed by atoms with Crippen LogP contribution in [0.5, 0.6) is 5.75 Å². The minimum absolute atomic E-state index is 0.114. The molecule has 3 rings (SSSR count). The van der Waals surface area contributed by atoms with Gasteiger partial charge in [0.2, 0.25) is 0 Å². The number of para-hydroxylation sites is 1. The van der Waals surface area contributed by atoms with Crippen LogP contribution >= 0.6 is 23.2 Å². The molecule has 156 valence electrons. The second kappa shape index (κ2) is 10.4. The van der Waals surface area contributed by atoms with Gasteiger partial charge in [-0.2, -0.15) is 5.10 Å². The number of esters is 1. The van der Waals surface area contributed by atoms with Crippen LogP contribution in [-0.2, 0) is 9.59 Å². The summed E-state index contributed by atoms with van der Waals surface area (Å²) in [6, 6.07) is 19.7. The second-order valence-corrected chi connectivity index (χ2v) is 6.83. The van der Waals surface area contributed by atoms with Gasteiger partial charge in [-0.25, -0.2) is 10.2 Å². The molecule has 7 nitrogen and oxygen atoms in total. The average Bonchev–Trinajstić information content (AvgIpc) is 2.78. The van der Waals surface area contributed by atoms with E-state index < -0.39 is 17.8 Å². The number of rotatable bonds is 5. The van der Waals surface area contributed by atoms with Gasteiger partial charge in [0.1, 0.15) is 5.75 Å². The molecule has 0 atom stereocenters. The lowest BCUT2D eigenvalue weighted by atomic mass is 10.2. The van der Waals surface area contributed by atoms with E-state index in [4.69, 9.17) is 27.9 Å². The highest BCUT2D eigenvalue weighted by atomic mass is 35.5. The molecular formula is C22H15Cl2N3O4. The highest BCUT2D eigenvalue weighted by Gasteiger charge is 2.16. The predicted molar refractivity (Wildman–Crippen MR) is 119 cm³/mol. The zero-order valence-corrected chi connectivity index (χ0v) is 17.4. The van der Waals surface area contributed by atoms with Gasteiger partial charge in [0, 0.05) is 5.56 Å². The lowest BCUT2D eigenvalue weighted by molar-refractivity contribution is -0.136. The topological polar surface area (TPSA) is 96.9 Å². The monoisotopic (exact) mass is 455 g/mol. The fraction of sp³-hybridized carbons (Fsp3) is 0. The SMILES string of the molecule is O=C(N/N=C/c1ccccc1OC(=O)c1ccccc1)C(=O)Nc1cccc(Cl)c1Cl. The molecule has 2 N–H and O–H groups in total. The fourth-order valence-electron chi connectivity index (χ4n) is 2.40. The Bertz CT molecular complexity index is 1150. The minimum Gasteiger partial charge on any atom is -0.422 e. The molecule has 0 fully saturated rings. The normalized spacial score (nSPS) is 10.5. The molecule has 2 amide bonds. The standard InChI is InChI=1S/C22H15Cl2N3O4/c23-16-10-6-11-17(19(16)24)26-20(28)21(29)27-25-13-15-9-4-5-12-18(15)31-22(30)14-7-2-1-3-8-14/h1-13H,(H,26,28)(H,27,29)/b25-13+. The molecule has 3 aromatic rings. The molecule has 0 aliphatic heterocycles. The molecule has 0 bridgehead atoms. The maximum Gasteiger partial charge on any atom is 0.343 e. The maximum atomic E-state index is 12.3. The Morgan fingerprint density at radius 2 is 1.55 bits per heavy atom. The summed E-state index contributed by atoms with van der Waals surface area (Å²) in [6.07, 6.45) is 1.26. The molecule has 0 spiro atoms. The summed E-state index contributed by atoms with van der Waals surface area (Å²) >= 11 is 11.9. The first-order chi connectivity index (χ1) is 15.0. The fourth-order valence-corrected chi connectivity index (χ4v) is 2.75. The Labute approximate surface area is 187 Å². The number of carbonyl (C=O) groups is 3. The number of anilines is 1. The smallest absolute Gasteiger partial charge is 0.343 e. The summed E-state index contributed by atoms with van der Waals surface area (Å²) < 4.78 is 5.39. The van der Waals surface area contributed by atoms with Crippen molar-refractivity contribution >= 4 is 52.9 Å². The summed E-state index contributed by atoms with van der Waals surface area (Å²) in [4.78, 5) is 36.3. The van der Waals surface area contributed by atoms with Crippen LogP contribution in [0.1, 0.15) is 15.9 Å². The molecule has 9 heteroatoms. The van der Waals surface area contributed by atoms with E-state index in [0.29, 0.717) is 11.1 Å². The molecule has 3 aromatic carbocycles. The van der Waals surface area contributed by atoms with Gasteiger partial charge in [0.25, 0.3) is 0 Å². The summed E-state index contributed by atoms with van der Waals surface area (Å²) in [5.41, 5.74) is 3.10. The van der Waals surface area contributed by atoms with Crippen molar-refractivity contribution in [2.75, 3.05) is 5.32 Å². The van der Waals surface area contributed by atoms with Gasteiger partial charge in [0.15, 0.2) is 0 Å². The van der Waals surface area contributed by atoms with E-state index in [-0.39, 0.29) is 21.5 Å². The highest BCUT2D eigenvalue weighted by Crippen LogP contribution is 2.29. The summed E-state index contributed by atoms with van der Waals surface area (Å²) in [5.74, 6) is -2.30. The molecule has 0 radical (unpaired) electrons. The largest absolute Gasteiger partial charge is 0.422 e. The van der Waals surface area contributed by atoms with Gasteiger partial charge >= 0.3 is 17.8 Å². The zero-order chi connectivity index (χ0) is 22.2. The van der Waals surface area contributed by atoms with E-state index in [9.17, 15) is 14.4 Å². The minimum atomic E-state index is -1.02. The van der Waals surface area contributed by atoms with Crippen LogP contribution in [0.25, 0.3) is 0 Å². The number of amides is 2. The first-order valence-corrected chi connectivity index (χ1v) is 9.66. The molecule has 0 heterocycles. The quantitative estimate of drug-likeness (QED) is 0.197. The van der Waals surface area contributed by atoms with Crippen molar-refractivity contribution in [3.8, 4) is 5.75 Å². The number of carbonyl (C=O) groups excluding carboxylic acids is 3. The van der Waals surface area contributed by atoms with E-state index in [2.05, 4.69) is 15.8 Å². The van der Waals surface area contributed by atoms with E-state index >= 15 is 0 Å². The Balaban J connectivity index is 1.63. The second-order valence-electron chi connectivity index (χ2n) is 6.05. The number of ether oxygens (including phenoxy) is 1. The van der Waals surface area contributed by atoms with E-state index in [0.717, 1.165) is 0 Å². The van der Waals surface area contributed by atoms with Crippen molar-refractivity contribution in [3.05, 3.63) is 94.0 Å². The average molecular weight is 456 g/mol. The van der Waals surface area contributed by atoms with Crippen LogP contribution in [0.15, 0.2) is 77.9 Å². The van der Waals surface area contributed by atoms with E-state index in [1.54, 1.807) is 66.7 Å². The molecule has 0 aromatic heterocycles. The number of benzene rings is 3. The van der Waals surface area contributed by atoms with Gasteiger partial charge in [-0.15, -0.1) is 0 Å². The zero-order valence-electron chi connectivity index (χ0n) is 15.8. The lowest BCUT2D eigenvalue weighted by Crippen LogP contribution is -2.32. The number of halogens is 2. The Hall–Kier alpha value is -3.68. The highest BCUT2D eigenvalue weighted by molar-refractivity contribution is 6.45. The third kappa shape index (κ3) is 5.91. The Morgan fingerprint density at radius 3 is 2.32 bits per heavy atom. The van der Waals surface area contributed by atoms with Crippen LogP contribution in [0.4, 0.5) is 5.69 Å². The molecule has 0 saturated heterocycles. The summed E-state index contributed by atoms with van der Waals surface area (Å²) in [7, 11) is 0. The number of hydrazone groups is 1. The van der Waals surface area contributed by atoms with E-state index in [1.165, 1.54) is 12.3 Å². The number of hydrogen-bond donors (Lipinski definition) is 2. The summed E-state index contributed by atoms with van der Waals surface area (Å²) in [6.45, 7) is 0. The van der Waals surface area contributed by atoms with Gasteiger partial charge in [-0.3, -0.25) is 9.59 Å². The van der Waals surface area contributed by atoms with Crippen LogP contribution in [0.3, 0.4) is 0 Å². The predicted octanol–water partition coefficient (Wildman–Crippen LogP) is 4.30. The van der Waals surface area contributed by atoms with Gasteiger partial charge in [0.05, 0.1) is 27.5 Å². The van der Waals surface area contributed by atoms with Crippen LogP contribution in [0.2, 0.25) is 10.0 Å². The van der Waals surface area contributed by atoms with Crippen molar-refractivity contribution in [3.63, 3.8) is 0 Å². The third-order valence-corrected chi connectivity index (χ3v) is 4.73. The molecule has 0 saturated carbocycles. The first kappa shape index (κ1) is 22.0. The van der Waals surface area contributed by atoms with Crippen molar-refractivity contribution in [1.82, 2.24) is 5.43 Å². The molecule has 31 heavy (non-hydrogen) atoms. The first-order valence-electron chi connectivity index (χ1n) is 8.90. The number of hydrogen-bond acceptors (Lipinski definition) is 5. The van der Waals surface area contributed by atoms with Gasteiger partial charge in [-0.05, 0) is 36.4 Å². The molecular weight excluding hydrogens is 441 g/mol.